The maximum Gasteiger partial charge on any atom is 0.240 e. The summed E-state index contributed by atoms with van der Waals surface area (Å²) in [7, 11) is 0. The summed E-state index contributed by atoms with van der Waals surface area (Å²) in [5, 5.41) is 2.86. The normalized spacial score (nSPS) is 16.5. The average Bonchev–Trinajstić information content (AvgIpc) is 3.13. The summed E-state index contributed by atoms with van der Waals surface area (Å²) in [5.41, 5.74) is 1.84. The van der Waals surface area contributed by atoms with Gasteiger partial charge in [-0.05, 0) is 51.0 Å². The molecule has 1 aromatic rings. The highest BCUT2D eigenvalue weighted by Gasteiger charge is 2.19. The molecule has 0 spiro atoms. The summed E-state index contributed by atoms with van der Waals surface area (Å²) >= 11 is 0. The maximum atomic E-state index is 12.2. The van der Waals surface area contributed by atoms with Crippen LogP contribution < -0.4 is 15.1 Å². The third-order valence-corrected chi connectivity index (χ3v) is 4.52. The van der Waals surface area contributed by atoms with E-state index in [-0.39, 0.29) is 24.5 Å². The summed E-state index contributed by atoms with van der Waals surface area (Å²) < 4.78 is 5.50. The van der Waals surface area contributed by atoms with Crippen LogP contribution >= 0.6 is 0 Å². The summed E-state index contributed by atoms with van der Waals surface area (Å²) in [5.74, 6) is -0.318. The predicted molar refractivity (Wildman–Crippen MR) is 100 cm³/mol. The molecule has 25 heavy (non-hydrogen) atoms. The predicted octanol–water partition coefficient (Wildman–Crippen LogP) is 2.18. The van der Waals surface area contributed by atoms with Gasteiger partial charge in [-0.2, -0.15) is 0 Å². The Kier molecular flexibility index (Phi) is 7.25. The lowest BCUT2D eigenvalue weighted by Crippen LogP contribution is -2.42. The first-order chi connectivity index (χ1) is 12.0. The van der Waals surface area contributed by atoms with Gasteiger partial charge < -0.3 is 19.9 Å². The van der Waals surface area contributed by atoms with Crippen LogP contribution in [0.4, 0.5) is 11.4 Å². The molecule has 1 atom stereocenters. The van der Waals surface area contributed by atoms with Crippen molar-refractivity contribution in [2.45, 2.75) is 39.7 Å². The molecule has 1 saturated heterocycles. The van der Waals surface area contributed by atoms with E-state index in [4.69, 9.17) is 4.74 Å². The van der Waals surface area contributed by atoms with E-state index in [9.17, 15) is 9.59 Å². The molecule has 0 aliphatic carbocycles. The highest BCUT2D eigenvalue weighted by molar-refractivity contribution is 5.97. The van der Waals surface area contributed by atoms with Gasteiger partial charge in [0.25, 0.3) is 0 Å². The van der Waals surface area contributed by atoms with Crippen LogP contribution in [0.2, 0.25) is 0 Å². The smallest absolute Gasteiger partial charge is 0.240 e. The number of hydrogen-bond acceptors (Lipinski definition) is 4. The number of nitrogens with one attached hydrogen (secondary N) is 1. The molecule has 6 heteroatoms. The average molecular weight is 347 g/mol. The molecule has 1 N–H and O–H groups in total. The lowest BCUT2D eigenvalue weighted by atomic mass is 10.2. The van der Waals surface area contributed by atoms with E-state index in [0.717, 1.165) is 43.9 Å². The zero-order valence-corrected chi connectivity index (χ0v) is 15.5. The van der Waals surface area contributed by atoms with Gasteiger partial charge >= 0.3 is 0 Å². The van der Waals surface area contributed by atoms with Crippen LogP contribution in [-0.4, -0.2) is 50.7 Å². The largest absolute Gasteiger partial charge is 0.376 e. The Morgan fingerprint density at radius 2 is 1.80 bits per heavy atom. The SMILES string of the molecule is CCN(CC)c1ccc(N(CC(=O)NCC2CCCO2)C(C)=O)cc1. The first-order valence-corrected chi connectivity index (χ1v) is 9.06. The van der Waals surface area contributed by atoms with Crippen LogP contribution in [0.15, 0.2) is 24.3 Å². The molecule has 1 aromatic carbocycles. The van der Waals surface area contributed by atoms with E-state index < -0.39 is 0 Å². The van der Waals surface area contributed by atoms with Gasteiger partial charge in [0, 0.05) is 44.5 Å². The van der Waals surface area contributed by atoms with Crippen molar-refractivity contribution in [1.29, 1.82) is 0 Å². The number of amides is 2. The van der Waals surface area contributed by atoms with Gasteiger partial charge in [0.2, 0.25) is 11.8 Å². The summed E-state index contributed by atoms with van der Waals surface area (Å²) in [6.07, 6.45) is 2.12. The fourth-order valence-electron chi connectivity index (χ4n) is 3.05. The Hall–Kier alpha value is -2.08. The number of rotatable bonds is 8. The van der Waals surface area contributed by atoms with Gasteiger partial charge in [0.1, 0.15) is 6.54 Å². The van der Waals surface area contributed by atoms with E-state index in [2.05, 4.69) is 24.1 Å². The van der Waals surface area contributed by atoms with Crippen molar-refractivity contribution in [3.05, 3.63) is 24.3 Å². The molecule has 138 valence electrons. The molecule has 6 nitrogen and oxygen atoms in total. The summed E-state index contributed by atoms with van der Waals surface area (Å²) in [6, 6.07) is 7.76. The fourth-order valence-corrected chi connectivity index (χ4v) is 3.05. The molecule has 2 rings (SSSR count). The number of carbonyl (C=O) groups excluding carboxylic acids is 2. The Labute approximate surface area is 150 Å². The number of benzene rings is 1. The zero-order valence-electron chi connectivity index (χ0n) is 15.5. The molecule has 1 heterocycles. The summed E-state index contributed by atoms with van der Waals surface area (Å²) in [4.78, 5) is 27.9. The second-order valence-electron chi connectivity index (χ2n) is 6.23. The van der Waals surface area contributed by atoms with E-state index in [1.54, 1.807) is 0 Å². The minimum absolute atomic E-state index is 0.0205. The third-order valence-electron chi connectivity index (χ3n) is 4.52. The molecular weight excluding hydrogens is 318 g/mol. The fraction of sp³-hybridized carbons (Fsp3) is 0.579. The zero-order chi connectivity index (χ0) is 18.2. The number of hydrogen-bond donors (Lipinski definition) is 1. The Morgan fingerprint density at radius 1 is 1.16 bits per heavy atom. The minimum Gasteiger partial charge on any atom is -0.376 e. The molecule has 1 fully saturated rings. The van der Waals surface area contributed by atoms with Crippen LogP contribution in [0, 0.1) is 0 Å². The van der Waals surface area contributed by atoms with Crippen molar-refractivity contribution in [1.82, 2.24) is 5.32 Å². The van der Waals surface area contributed by atoms with Crippen LogP contribution in [0.3, 0.4) is 0 Å². The van der Waals surface area contributed by atoms with Crippen molar-refractivity contribution < 1.29 is 14.3 Å². The Bertz CT molecular complexity index is 564. The van der Waals surface area contributed by atoms with Gasteiger partial charge in [-0.3, -0.25) is 9.59 Å². The standard InChI is InChI=1S/C19H29N3O3/c1-4-21(5-2)16-8-10-17(11-9-16)22(15(3)23)14-19(24)20-13-18-7-6-12-25-18/h8-11,18H,4-7,12-14H2,1-3H3,(H,20,24). The van der Waals surface area contributed by atoms with Gasteiger partial charge in [-0.15, -0.1) is 0 Å². The van der Waals surface area contributed by atoms with Gasteiger partial charge in [0.15, 0.2) is 0 Å². The number of carbonyl (C=O) groups is 2. The lowest BCUT2D eigenvalue weighted by molar-refractivity contribution is -0.123. The van der Waals surface area contributed by atoms with Crippen molar-refractivity contribution in [2.24, 2.45) is 0 Å². The molecule has 0 bridgehead atoms. The van der Waals surface area contributed by atoms with Gasteiger partial charge in [-0.1, -0.05) is 0 Å². The molecule has 1 aliphatic heterocycles. The topological polar surface area (TPSA) is 61.9 Å². The van der Waals surface area contributed by atoms with E-state index >= 15 is 0 Å². The quantitative estimate of drug-likeness (QED) is 0.783. The van der Waals surface area contributed by atoms with Crippen LogP contribution in [-0.2, 0) is 14.3 Å². The Morgan fingerprint density at radius 3 is 2.32 bits per heavy atom. The second kappa shape index (κ2) is 9.42. The second-order valence-corrected chi connectivity index (χ2v) is 6.23. The lowest BCUT2D eigenvalue weighted by Gasteiger charge is -2.24. The van der Waals surface area contributed by atoms with E-state index in [1.807, 2.05) is 24.3 Å². The number of anilines is 2. The van der Waals surface area contributed by atoms with Gasteiger partial charge in [-0.25, -0.2) is 0 Å². The van der Waals surface area contributed by atoms with Crippen LogP contribution in [0.25, 0.3) is 0 Å². The first-order valence-electron chi connectivity index (χ1n) is 9.06. The highest BCUT2D eigenvalue weighted by Crippen LogP contribution is 2.21. The molecular formula is C19H29N3O3. The van der Waals surface area contributed by atoms with Crippen molar-refractivity contribution in [3.8, 4) is 0 Å². The molecule has 2 amide bonds. The number of nitrogens with zero attached hydrogens (tertiary/aromatic N) is 2. The molecule has 0 aromatic heterocycles. The first kappa shape index (κ1) is 19.2. The molecule has 1 unspecified atom stereocenters. The molecule has 0 saturated carbocycles. The summed E-state index contributed by atoms with van der Waals surface area (Å²) in [6.45, 7) is 8.84. The van der Waals surface area contributed by atoms with Crippen molar-refractivity contribution in [3.63, 3.8) is 0 Å². The van der Waals surface area contributed by atoms with Crippen LogP contribution in [0.5, 0.6) is 0 Å². The third kappa shape index (κ3) is 5.46. The monoisotopic (exact) mass is 347 g/mol. The van der Waals surface area contributed by atoms with E-state index in [0.29, 0.717) is 6.54 Å². The number of ether oxygens (including phenoxy) is 1. The highest BCUT2D eigenvalue weighted by atomic mass is 16.5. The minimum atomic E-state index is -0.168. The molecule has 0 radical (unpaired) electrons. The van der Waals surface area contributed by atoms with E-state index in [1.165, 1.54) is 11.8 Å². The van der Waals surface area contributed by atoms with Crippen molar-refractivity contribution in [2.75, 3.05) is 42.6 Å². The van der Waals surface area contributed by atoms with Crippen molar-refractivity contribution >= 4 is 23.2 Å². The maximum absolute atomic E-state index is 12.2. The molecule has 1 aliphatic rings. The Balaban J connectivity index is 1.97. The van der Waals surface area contributed by atoms with Gasteiger partial charge in [0.05, 0.1) is 6.10 Å². The van der Waals surface area contributed by atoms with Crippen LogP contribution in [0.1, 0.15) is 33.6 Å².